The van der Waals surface area contributed by atoms with E-state index in [1.165, 1.54) is 11.1 Å². The first-order chi connectivity index (χ1) is 8.79. The van der Waals surface area contributed by atoms with Crippen LogP contribution in [0.1, 0.15) is 17.2 Å². The Kier molecular flexibility index (Phi) is 5.06. The number of hydrogen-bond donors (Lipinski definition) is 1. The van der Waals surface area contributed by atoms with E-state index in [0.717, 1.165) is 11.6 Å². The van der Waals surface area contributed by atoms with Gasteiger partial charge in [0.25, 0.3) is 0 Å². The van der Waals surface area contributed by atoms with Gasteiger partial charge in [0, 0.05) is 23.5 Å². The first kappa shape index (κ1) is 13.4. The molecule has 0 aliphatic rings. The standard InChI is InChI=1S/C15H15Cl2N/c16-10-15(13-4-2-1-3-5-13)18-11-12-6-8-14(17)9-7-12/h1-9,15,18H,10-11H2. The number of benzene rings is 2. The molecule has 0 heterocycles. The highest BCUT2D eigenvalue weighted by atomic mass is 35.5. The second kappa shape index (κ2) is 6.79. The van der Waals surface area contributed by atoms with E-state index in [2.05, 4.69) is 17.4 Å². The molecule has 3 heteroatoms. The summed E-state index contributed by atoms with van der Waals surface area (Å²) in [4.78, 5) is 0. The number of alkyl halides is 1. The maximum absolute atomic E-state index is 6.01. The molecule has 0 saturated carbocycles. The minimum absolute atomic E-state index is 0.170. The molecular weight excluding hydrogens is 265 g/mol. The van der Waals surface area contributed by atoms with Crippen molar-refractivity contribution in [1.29, 1.82) is 0 Å². The molecule has 0 aliphatic heterocycles. The molecule has 1 nitrogen and oxygen atoms in total. The fourth-order valence-corrected chi connectivity index (χ4v) is 2.20. The molecule has 2 aromatic rings. The van der Waals surface area contributed by atoms with Gasteiger partial charge < -0.3 is 5.32 Å². The van der Waals surface area contributed by atoms with E-state index in [-0.39, 0.29) is 6.04 Å². The van der Waals surface area contributed by atoms with Crippen LogP contribution in [0.15, 0.2) is 54.6 Å². The number of hydrogen-bond acceptors (Lipinski definition) is 1. The van der Waals surface area contributed by atoms with E-state index in [1.807, 2.05) is 42.5 Å². The zero-order valence-electron chi connectivity index (χ0n) is 9.94. The third-order valence-electron chi connectivity index (χ3n) is 2.82. The van der Waals surface area contributed by atoms with Crippen LogP contribution in [-0.4, -0.2) is 5.88 Å². The Morgan fingerprint density at radius 1 is 0.944 bits per heavy atom. The zero-order valence-corrected chi connectivity index (χ0v) is 11.5. The van der Waals surface area contributed by atoms with Crippen molar-refractivity contribution in [3.05, 3.63) is 70.7 Å². The monoisotopic (exact) mass is 279 g/mol. The van der Waals surface area contributed by atoms with Crippen LogP contribution >= 0.6 is 23.2 Å². The highest BCUT2D eigenvalue weighted by Gasteiger charge is 2.08. The van der Waals surface area contributed by atoms with Gasteiger partial charge in [-0.15, -0.1) is 11.6 Å². The second-order valence-corrected chi connectivity index (χ2v) is 4.87. The highest BCUT2D eigenvalue weighted by molar-refractivity contribution is 6.30. The molecule has 0 radical (unpaired) electrons. The van der Waals surface area contributed by atoms with E-state index in [0.29, 0.717) is 5.88 Å². The van der Waals surface area contributed by atoms with Crippen LogP contribution in [0, 0.1) is 0 Å². The van der Waals surface area contributed by atoms with Gasteiger partial charge in [-0.1, -0.05) is 54.1 Å². The Labute approximate surface area is 118 Å². The molecule has 0 bridgehead atoms. The molecule has 0 saturated heterocycles. The van der Waals surface area contributed by atoms with Crippen LogP contribution in [0.4, 0.5) is 0 Å². The molecule has 0 fully saturated rings. The van der Waals surface area contributed by atoms with Gasteiger partial charge in [-0.2, -0.15) is 0 Å². The normalized spacial score (nSPS) is 12.3. The van der Waals surface area contributed by atoms with Gasteiger partial charge in [0.2, 0.25) is 0 Å². The van der Waals surface area contributed by atoms with Crippen molar-refractivity contribution in [2.75, 3.05) is 5.88 Å². The predicted molar refractivity (Wildman–Crippen MR) is 78.2 cm³/mol. The molecule has 0 aliphatic carbocycles. The molecule has 94 valence electrons. The topological polar surface area (TPSA) is 12.0 Å². The van der Waals surface area contributed by atoms with Crippen molar-refractivity contribution >= 4 is 23.2 Å². The van der Waals surface area contributed by atoms with Crippen molar-refractivity contribution in [1.82, 2.24) is 5.32 Å². The largest absolute Gasteiger partial charge is 0.305 e. The Morgan fingerprint density at radius 2 is 1.61 bits per heavy atom. The van der Waals surface area contributed by atoms with Crippen molar-refractivity contribution < 1.29 is 0 Å². The Morgan fingerprint density at radius 3 is 2.22 bits per heavy atom. The first-order valence-corrected chi connectivity index (χ1v) is 6.79. The van der Waals surface area contributed by atoms with Gasteiger partial charge in [-0.25, -0.2) is 0 Å². The molecule has 1 unspecified atom stereocenters. The summed E-state index contributed by atoms with van der Waals surface area (Å²) in [6.07, 6.45) is 0. The van der Waals surface area contributed by atoms with E-state index < -0.39 is 0 Å². The van der Waals surface area contributed by atoms with Gasteiger partial charge in [-0.3, -0.25) is 0 Å². The maximum atomic E-state index is 6.01. The molecule has 1 N–H and O–H groups in total. The van der Waals surface area contributed by atoms with Gasteiger partial charge in [-0.05, 0) is 23.3 Å². The molecule has 2 aromatic carbocycles. The van der Waals surface area contributed by atoms with Crippen molar-refractivity contribution in [3.8, 4) is 0 Å². The van der Waals surface area contributed by atoms with Crippen LogP contribution in [-0.2, 0) is 6.54 Å². The second-order valence-electron chi connectivity index (χ2n) is 4.12. The average Bonchev–Trinajstić information content (AvgIpc) is 2.43. The van der Waals surface area contributed by atoms with Gasteiger partial charge in [0.1, 0.15) is 0 Å². The van der Waals surface area contributed by atoms with Crippen LogP contribution in [0.25, 0.3) is 0 Å². The zero-order chi connectivity index (χ0) is 12.8. The van der Waals surface area contributed by atoms with Crippen molar-refractivity contribution in [2.45, 2.75) is 12.6 Å². The molecule has 2 rings (SSSR count). The Hall–Kier alpha value is -1.02. The van der Waals surface area contributed by atoms with Crippen LogP contribution in [0.2, 0.25) is 5.02 Å². The lowest BCUT2D eigenvalue weighted by molar-refractivity contribution is 0.579. The summed E-state index contributed by atoms with van der Waals surface area (Å²) >= 11 is 11.9. The third-order valence-corrected chi connectivity index (χ3v) is 3.38. The Balaban J connectivity index is 1.97. The fraction of sp³-hybridized carbons (Fsp3) is 0.200. The summed E-state index contributed by atoms with van der Waals surface area (Å²) in [5.74, 6) is 0.553. The summed E-state index contributed by atoms with van der Waals surface area (Å²) in [5.41, 5.74) is 2.41. The molecule has 0 aromatic heterocycles. The lowest BCUT2D eigenvalue weighted by atomic mass is 10.1. The highest BCUT2D eigenvalue weighted by Crippen LogP contribution is 2.15. The molecule has 1 atom stereocenters. The fourth-order valence-electron chi connectivity index (χ4n) is 1.79. The predicted octanol–water partition coefficient (Wildman–Crippen LogP) is 4.41. The van der Waals surface area contributed by atoms with Crippen LogP contribution < -0.4 is 5.32 Å². The minimum Gasteiger partial charge on any atom is -0.305 e. The average molecular weight is 280 g/mol. The van der Waals surface area contributed by atoms with Gasteiger partial charge >= 0.3 is 0 Å². The Bertz CT molecular complexity index is 468. The van der Waals surface area contributed by atoms with Gasteiger partial charge in [0.15, 0.2) is 0 Å². The minimum atomic E-state index is 0.170. The molecular formula is C15H15Cl2N. The molecule has 0 spiro atoms. The van der Waals surface area contributed by atoms with E-state index in [1.54, 1.807) is 0 Å². The van der Waals surface area contributed by atoms with Crippen LogP contribution in [0.5, 0.6) is 0 Å². The molecule has 0 amide bonds. The summed E-state index contributed by atoms with van der Waals surface area (Å²) in [6.45, 7) is 0.781. The van der Waals surface area contributed by atoms with Crippen molar-refractivity contribution in [3.63, 3.8) is 0 Å². The summed E-state index contributed by atoms with van der Waals surface area (Å²) in [6, 6.07) is 18.2. The number of rotatable bonds is 5. The smallest absolute Gasteiger partial charge is 0.0460 e. The van der Waals surface area contributed by atoms with E-state index >= 15 is 0 Å². The third kappa shape index (κ3) is 3.74. The van der Waals surface area contributed by atoms with E-state index in [9.17, 15) is 0 Å². The SMILES string of the molecule is ClCC(NCc1ccc(Cl)cc1)c1ccccc1. The van der Waals surface area contributed by atoms with Crippen LogP contribution in [0.3, 0.4) is 0 Å². The summed E-state index contributed by atoms with van der Waals surface area (Å²) in [5, 5.41) is 4.21. The van der Waals surface area contributed by atoms with Crippen molar-refractivity contribution in [2.24, 2.45) is 0 Å². The number of nitrogens with one attached hydrogen (secondary N) is 1. The lowest BCUT2D eigenvalue weighted by Crippen LogP contribution is -2.22. The number of halogens is 2. The maximum Gasteiger partial charge on any atom is 0.0460 e. The van der Waals surface area contributed by atoms with Gasteiger partial charge in [0.05, 0.1) is 0 Å². The molecule has 18 heavy (non-hydrogen) atoms. The summed E-state index contributed by atoms with van der Waals surface area (Å²) < 4.78 is 0. The summed E-state index contributed by atoms with van der Waals surface area (Å²) in [7, 11) is 0. The lowest BCUT2D eigenvalue weighted by Gasteiger charge is -2.16. The quantitative estimate of drug-likeness (QED) is 0.800. The first-order valence-electron chi connectivity index (χ1n) is 5.88. The van der Waals surface area contributed by atoms with E-state index in [4.69, 9.17) is 23.2 Å².